The summed E-state index contributed by atoms with van der Waals surface area (Å²) in [5.41, 5.74) is -0.0716. The van der Waals surface area contributed by atoms with Crippen LogP contribution in [0.25, 0.3) is 0 Å². The zero-order chi connectivity index (χ0) is 20.4. The van der Waals surface area contributed by atoms with E-state index in [4.69, 9.17) is 14.2 Å². The van der Waals surface area contributed by atoms with E-state index >= 15 is 0 Å². The molecule has 1 fully saturated rings. The molecule has 3 unspecified atom stereocenters. The molecule has 0 bridgehead atoms. The van der Waals surface area contributed by atoms with Crippen LogP contribution < -0.4 is 5.32 Å². The first-order valence-corrected chi connectivity index (χ1v) is 9.16. The van der Waals surface area contributed by atoms with Crippen molar-refractivity contribution in [1.29, 1.82) is 0 Å². The molecule has 4 rings (SSSR count). The third-order valence-corrected chi connectivity index (χ3v) is 5.24. The van der Waals surface area contributed by atoms with Crippen LogP contribution in [0.1, 0.15) is 11.1 Å². The molecule has 2 aromatic rings. The number of ether oxygens (including phenoxy) is 3. The van der Waals surface area contributed by atoms with Gasteiger partial charge in [0.15, 0.2) is 6.23 Å². The van der Waals surface area contributed by atoms with E-state index in [1.165, 1.54) is 0 Å². The Balaban J connectivity index is 1.97. The Kier molecular flexibility index (Phi) is 4.90. The van der Waals surface area contributed by atoms with Crippen molar-refractivity contribution in [3.8, 4) is 0 Å². The fourth-order valence-electron chi connectivity index (χ4n) is 4.03. The lowest BCUT2D eigenvalue weighted by Gasteiger charge is -2.36. The van der Waals surface area contributed by atoms with Gasteiger partial charge in [-0.15, -0.1) is 0 Å². The average Bonchev–Trinajstić information content (AvgIpc) is 3.05. The first-order chi connectivity index (χ1) is 14.1. The summed E-state index contributed by atoms with van der Waals surface area (Å²) in [5.74, 6) is -2.97. The van der Waals surface area contributed by atoms with E-state index < -0.39 is 41.8 Å². The SMILES string of the molecule is CNC1OC(=O)/C=C\C(=O)OC2OC(=O)C(c3ccccc3)(c3ccccc3)C12. The molecule has 29 heavy (non-hydrogen) atoms. The number of hydrogen-bond donors (Lipinski definition) is 1. The molecule has 2 aliphatic heterocycles. The van der Waals surface area contributed by atoms with Crippen LogP contribution in [-0.4, -0.2) is 37.5 Å². The second-order valence-electron chi connectivity index (χ2n) is 6.76. The number of fused-ring (bicyclic) bond motifs is 1. The van der Waals surface area contributed by atoms with Crippen molar-refractivity contribution in [2.45, 2.75) is 17.9 Å². The Morgan fingerprint density at radius 1 is 0.759 bits per heavy atom. The van der Waals surface area contributed by atoms with Gasteiger partial charge in [-0.3, -0.25) is 10.1 Å². The number of carbonyl (C=O) groups excluding carboxylic acids is 3. The predicted octanol–water partition coefficient (Wildman–Crippen LogP) is 1.67. The summed E-state index contributed by atoms with van der Waals surface area (Å²) >= 11 is 0. The quantitative estimate of drug-likeness (QED) is 0.794. The van der Waals surface area contributed by atoms with Gasteiger partial charge in [-0.05, 0) is 18.2 Å². The highest BCUT2D eigenvalue weighted by Gasteiger charge is 2.64. The van der Waals surface area contributed by atoms with Crippen molar-refractivity contribution >= 4 is 17.9 Å². The summed E-state index contributed by atoms with van der Waals surface area (Å²) in [5, 5.41) is 2.93. The van der Waals surface area contributed by atoms with E-state index in [1.54, 1.807) is 31.3 Å². The number of carbonyl (C=O) groups is 3. The van der Waals surface area contributed by atoms with Crippen LogP contribution in [0, 0.1) is 5.92 Å². The van der Waals surface area contributed by atoms with Crippen molar-refractivity contribution in [3.63, 3.8) is 0 Å². The average molecular weight is 393 g/mol. The van der Waals surface area contributed by atoms with Gasteiger partial charge >= 0.3 is 17.9 Å². The molecular weight excluding hydrogens is 374 g/mol. The van der Waals surface area contributed by atoms with Crippen molar-refractivity contribution in [2.24, 2.45) is 5.92 Å². The van der Waals surface area contributed by atoms with E-state index in [1.807, 2.05) is 36.4 Å². The molecule has 0 radical (unpaired) electrons. The monoisotopic (exact) mass is 393 g/mol. The molecule has 148 valence electrons. The van der Waals surface area contributed by atoms with Gasteiger partial charge in [0, 0.05) is 12.2 Å². The summed E-state index contributed by atoms with van der Waals surface area (Å²) in [7, 11) is 1.60. The molecule has 0 amide bonds. The predicted molar refractivity (Wildman–Crippen MR) is 101 cm³/mol. The highest BCUT2D eigenvalue weighted by Crippen LogP contribution is 2.49. The Bertz CT molecular complexity index is 916. The summed E-state index contributed by atoms with van der Waals surface area (Å²) in [6.07, 6.45) is -0.267. The summed E-state index contributed by atoms with van der Waals surface area (Å²) in [6, 6.07) is 18.1. The molecular formula is C22H19NO6. The summed E-state index contributed by atoms with van der Waals surface area (Å²) in [6.45, 7) is 0. The fraction of sp³-hybridized carbons (Fsp3) is 0.227. The lowest BCUT2D eigenvalue weighted by atomic mass is 9.66. The molecule has 0 saturated carbocycles. The number of nitrogens with one attached hydrogen (secondary N) is 1. The number of benzene rings is 2. The first-order valence-electron chi connectivity index (χ1n) is 9.16. The van der Waals surface area contributed by atoms with Gasteiger partial charge in [-0.25, -0.2) is 9.59 Å². The van der Waals surface area contributed by atoms with Crippen LogP contribution >= 0.6 is 0 Å². The van der Waals surface area contributed by atoms with Gasteiger partial charge in [0.1, 0.15) is 11.3 Å². The molecule has 1 saturated heterocycles. The highest BCUT2D eigenvalue weighted by atomic mass is 16.7. The molecule has 0 aliphatic carbocycles. The van der Waals surface area contributed by atoms with Crippen molar-refractivity contribution in [1.82, 2.24) is 5.32 Å². The van der Waals surface area contributed by atoms with Crippen LogP contribution in [0.4, 0.5) is 0 Å². The summed E-state index contributed by atoms with van der Waals surface area (Å²) in [4.78, 5) is 37.7. The maximum atomic E-state index is 13.4. The molecule has 3 atom stereocenters. The Labute approximate surface area is 167 Å². The van der Waals surface area contributed by atoms with Gasteiger partial charge in [0.25, 0.3) is 6.29 Å². The van der Waals surface area contributed by atoms with Crippen LogP contribution in [0.5, 0.6) is 0 Å². The zero-order valence-corrected chi connectivity index (χ0v) is 15.6. The van der Waals surface area contributed by atoms with Crippen LogP contribution in [0.2, 0.25) is 0 Å². The van der Waals surface area contributed by atoms with Gasteiger partial charge < -0.3 is 14.2 Å². The molecule has 2 aromatic carbocycles. The lowest BCUT2D eigenvalue weighted by Crippen LogP contribution is -2.52. The minimum absolute atomic E-state index is 0.585. The molecule has 7 heteroatoms. The van der Waals surface area contributed by atoms with E-state index in [0.29, 0.717) is 11.1 Å². The number of cyclic esters (lactones) is 1. The van der Waals surface area contributed by atoms with E-state index in [-0.39, 0.29) is 0 Å². The molecule has 7 nitrogen and oxygen atoms in total. The fourth-order valence-corrected chi connectivity index (χ4v) is 4.03. The molecule has 1 N–H and O–H groups in total. The standard InChI is InChI=1S/C22H19NO6/c1-23-19-18-20(28-17(25)13-12-16(24)27-19)29-21(26)22(18,14-8-4-2-5-9-14)15-10-6-3-7-11-15/h2-13,18-20,23H,1H3/b13-12-. The second kappa shape index (κ2) is 7.52. The summed E-state index contributed by atoms with van der Waals surface area (Å²) < 4.78 is 16.5. The van der Waals surface area contributed by atoms with Gasteiger partial charge in [-0.2, -0.15) is 0 Å². The Morgan fingerprint density at radius 2 is 1.28 bits per heavy atom. The minimum Gasteiger partial charge on any atom is -0.443 e. The maximum absolute atomic E-state index is 13.4. The van der Waals surface area contributed by atoms with Gasteiger partial charge in [0.05, 0.1) is 0 Å². The molecule has 2 aliphatic rings. The third-order valence-electron chi connectivity index (χ3n) is 5.24. The van der Waals surface area contributed by atoms with Gasteiger partial charge in [-0.1, -0.05) is 60.7 Å². The number of hydrogen-bond acceptors (Lipinski definition) is 7. The van der Waals surface area contributed by atoms with Gasteiger partial charge in [0.2, 0.25) is 0 Å². The minimum atomic E-state index is -1.36. The Hall–Kier alpha value is -3.45. The largest absolute Gasteiger partial charge is 0.443 e. The molecule has 0 spiro atoms. The van der Waals surface area contributed by atoms with Crippen molar-refractivity contribution < 1.29 is 28.6 Å². The second-order valence-corrected chi connectivity index (χ2v) is 6.76. The van der Waals surface area contributed by atoms with E-state index in [9.17, 15) is 14.4 Å². The topological polar surface area (TPSA) is 90.9 Å². The first kappa shape index (κ1) is 18.9. The normalized spacial score (nSPS) is 26.8. The number of esters is 3. The van der Waals surface area contributed by atoms with Crippen molar-refractivity contribution in [3.05, 3.63) is 83.9 Å². The third kappa shape index (κ3) is 3.09. The molecule has 2 heterocycles. The van der Waals surface area contributed by atoms with Crippen molar-refractivity contribution in [2.75, 3.05) is 7.05 Å². The lowest BCUT2D eigenvalue weighted by molar-refractivity contribution is -0.184. The maximum Gasteiger partial charge on any atom is 0.334 e. The number of rotatable bonds is 3. The van der Waals surface area contributed by atoms with E-state index in [2.05, 4.69) is 5.32 Å². The van der Waals surface area contributed by atoms with Crippen LogP contribution in [0.15, 0.2) is 72.8 Å². The van der Waals surface area contributed by atoms with E-state index in [0.717, 1.165) is 12.2 Å². The van der Waals surface area contributed by atoms with Crippen LogP contribution in [-0.2, 0) is 34.0 Å². The highest BCUT2D eigenvalue weighted by molar-refractivity contribution is 5.94. The zero-order valence-electron chi connectivity index (χ0n) is 15.6. The Morgan fingerprint density at radius 3 is 1.79 bits per heavy atom. The molecule has 0 aromatic heterocycles. The van der Waals surface area contributed by atoms with Crippen LogP contribution in [0.3, 0.4) is 0 Å². The smallest absolute Gasteiger partial charge is 0.334 e.